The van der Waals surface area contributed by atoms with Gasteiger partial charge in [-0.05, 0) is 55.0 Å². The zero-order chi connectivity index (χ0) is 21.4. The second-order valence-electron chi connectivity index (χ2n) is 6.55. The van der Waals surface area contributed by atoms with Gasteiger partial charge in [-0.25, -0.2) is 9.37 Å². The molecule has 0 saturated carbocycles. The van der Waals surface area contributed by atoms with Crippen LogP contribution in [0.3, 0.4) is 0 Å². The molecule has 4 aromatic rings. The van der Waals surface area contributed by atoms with Gasteiger partial charge >= 0.3 is 0 Å². The molecule has 0 aliphatic heterocycles. The van der Waals surface area contributed by atoms with E-state index >= 15 is 0 Å². The van der Waals surface area contributed by atoms with E-state index in [1.54, 1.807) is 37.3 Å². The Bertz CT molecular complexity index is 1360. The first-order valence-corrected chi connectivity index (χ1v) is 9.49. The number of rotatable bonds is 3. The van der Waals surface area contributed by atoms with Gasteiger partial charge in [0.05, 0.1) is 22.2 Å². The van der Waals surface area contributed by atoms with Crippen molar-refractivity contribution in [2.45, 2.75) is 6.92 Å². The maximum absolute atomic E-state index is 14.2. The number of benzene rings is 3. The Balaban J connectivity index is 1.68. The summed E-state index contributed by atoms with van der Waals surface area (Å²) in [6, 6.07) is 13.9. The smallest absolute Gasteiger partial charge is 0.258 e. The molecule has 8 heteroatoms. The minimum Gasteiger partial charge on any atom is -0.435 e. The Kier molecular flexibility index (Phi) is 5.17. The lowest BCUT2D eigenvalue weighted by Gasteiger charge is -2.10. The van der Waals surface area contributed by atoms with E-state index in [0.717, 1.165) is 11.6 Å². The highest BCUT2D eigenvalue weighted by Gasteiger charge is 2.16. The van der Waals surface area contributed by atoms with Gasteiger partial charge in [0.2, 0.25) is 5.89 Å². The van der Waals surface area contributed by atoms with E-state index in [9.17, 15) is 9.18 Å². The maximum atomic E-state index is 14.2. The Morgan fingerprint density at radius 3 is 2.70 bits per heavy atom. The Hall–Kier alpha value is -3.40. The van der Waals surface area contributed by atoms with Crippen molar-refractivity contribution in [2.24, 2.45) is 0 Å². The van der Waals surface area contributed by atoms with Gasteiger partial charge in [0, 0.05) is 16.3 Å². The number of fused-ring (bicyclic) bond motifs is 1. The number of nitrogens with zero attached hydrogens (tertiary/aromatic N) is 2. The van der Waals surface area contributed by atoms with E-state index in [1.807, 2.05) is 6.07 Å². The number of hydrogen-bond acceptors (Lipinski definition) is 4. The highest BCUT2D eigenvalue weighted by molar-refractivity contribution is 6.38. The maximum Gasteiger partial charge on any atom is 0.258 e. The predicted molar refractivity (Wildman–Crippen MR) is 113 cm³/mol. The molecule has 148 valence electrons. The van der Waals surface area contributed by atoms with Crippen LogP contribution in [0.25, 0.3) is 22.6 Å². The van der Waals surface area contributed by atoms with Crippen molar-refractivity contribution in [3.8, 4) is 17.5 Å². The third kappa shape index (κ3) is 3.73. The molecule has 0 aliphatic rings. The zero-order valence-electron chi connectivity index (χ0n) is 15.5. The first kappa shape index (κ1) is 19.9. The molecule has 0 aliphatic carbocycles. The third-order valence-corrected chi connectivity index (χ3v) is 4.98. The lowest BCUT2D eigenvalue weighted by atomic mass is 10.1. The fourth-order valence-electron chi connectivity index (χ4n) is 2.93. The summed E-state index contributed by atoms with van der Waals surface area (Å²) >= 11 is 12.2. The lowest BCUT2D eigenvalue weighted by Crippen LogP contribution is -2.14. The van der Waals surface area contributed by atoms with Crippen LogP contribution >= 0.6 is 23.2 Å². The number of oxazole rings is 1. The largest absolute Gasteiger partial charge is 0.435 e. The van der Waals surface area contributed by atoms with Crippen LogP contribution in [0.2, 0.25) is 10.0 Å². The third-order valence-electron chi connectivity index (χ3n) is 4.49. The van der Waals surface area contributed by atoms with Gasteiger partial charge < -0.3 is 9.73 Å². The summed E-state index contributed by atoms with van der Waals surface area (Å²) in [5.74, 6) is -1.11. The molecule has 5 nitrogen and oxygen atoms in total. The number of nitriles is 1. The Morgan fingerprint density at radius 2 is 1.97 bits per heavy atom. The molecule has 0 unspecified atom stereocenters. The van der Waals surface area contributed by atoms with Crippen molar-refractivity contribution < 1.29 is 13.6 Å². The first-order chi connectivity index (χ1) is 14.4. The van der Waals surface area contributed by atoms with Crippen LogP contribution < -0.4 is 5.32 Å². The fraction of sp³-hybridized carbons (Fsp3) is 0.0455. The quantitative estimate of drug-likeness (QED) is 0.401. The number of carbonyl (C=O) groups excluding carboxylic acids is 1. The molecule has 0 atom stereocenters. The minimum absolute atomic E-state index is 0.136. The van der Waals surface area contributed by atoms with Crippen molar-refractivity contribution in [2.75, 3.05) is 5.32 Å². The van der Waals surface area contributed by atoms with Gasteiger partial charge in [0.1, 0.15) is 11.3 Å². The van der Waals surface area contributed by atoms with E-state index in [2.05, 4.69) is 10.3 Å². The van der Waals surface area contributed by atoms with E-state index in [-0.39, 0.29) is 11.1 Å². The number of amides is 1. The molecule has 0 fully saturated rings. The van der Waals surface area contributed by atoms with E-state index in [4.69, 9.17) is 32.9 Å². The van der Waals surface area contributed by atoms with Crippen molar-refractivity contribution >= 4 is 45.9 Å². The molecule has 0 spiro atoms. The molecule has 30 heavy (non-hydrogen) atoms. The SMILES string of the molecule is Cc1ccc(-c2nc3cc(Cl)cc(Cl)c3o2)cc1NC(=O)c1ccc(C#N)cc1F. The van der Waals surface area contributed by atoms with Gasteiger partial charge in [-0.2, -0.15) is 5.26 Å². The molecule has 1 aromatic heterocycles. The Morgan fingerprint density at radius 1 is 1.17 bits per heavy atom. The minimum atomic E-state index is -0.772. The summed E-state index contributed by atoms with van der Waals surface area (Å²) in [5, 5.41) is 12.3. The van der Waals surface area contributed by atoms with Crippen LogP contribution in [-0.2, 0) is 0 Å². The fourth-order valence-corrected chi connectivity index (χ4v) is 3.45. The summed E-state index contributed by atoms with van der Waals surface area (Å²) in [6.45, 7) is 1.80. The number of hydrogen-bond donors (Lipinski definition) is 1. The number of nitrogens with one attached hydrogen (secondary N) is 1. The molecule has 0 saturated heterocycles. The summed E-state index contributed by atoms with van der Waals surface area (Å²) < 4.78 is 19.9. The van der Waals surface area contributed by atoms with E-state index in [0.29, 0.717) is 38.3 Å². The van der Waals surface area contributed by atoms with Gasteiger partial charge in [0.25, 0.3) is 5.91 Å². The average molecular weight is 440 g/mol. The number of halogens is 3. The van der Waals surface area contributed by atoms with Crippen molar-refractivity contribution in [1.29, 1.82) is 5.26 Å². The molecule has 3 aromatic carbocycles. The lowest BCUT2D eigenvalue weighted by molar-refractivity contribution is 0.102. The molecule has 0 radical (unpaired) electrons. The first-order valence-electron chi connectivity index (χ1n) is 8.73. The zero-order valence-corrected chi connectivity index (χ0v) is 17.0. The van der Waals surface area contributed by atoms with Gasteiger partial charge in [-0.15, -0.1) is 0 Å². The van der Waals surface area contributed by atoms with Crippen molar-refractivity contribution in [1.82, 2.24) is 4.98 Å². The summed E-state index contributed by atoms with van der Waals surface area (Å²) in [4.78, 5) is 17.0. The van der Waals surface area contributed by atoms with Crippen LogP contribution in [0.15, 0.2) is 52.9 Å². The normalized spacial score (nSPS) is 10.8. The van der Waals surface area contributed by atoms with Crippen LogP contribution in [0, 0.1) is 24.1 Å². The summed E-state index contributed by atoms with van der Waals surface area (Å²) in [5.41, 5.74) is 2.71. The van der Waals surface area contributed by atoms with E-state index < -0.39 is 11.7 Å². The van der Waals surface area contributed by atoms with Gasteiger partial charge in [-0.1, -0.05) is 29.3 Å². The summed E-state index contributed by atoms with van der Waals surface area (Å²) in [6.07, 6.45) is 0. The number of aromatic nitrogens is 1. The van der Waals surface area contributed by atoms with Gasteiger partial charge in [0.15, 0.2) is 5.58 Å². The molecule has 0 bridgehead atoms. The standard InChI is InChI=1S/C22H12Cl2FN3O2/c1-11-2-4-13(22-28-19-9-14(23)8-16(24)20(19)30-22)7-18(11)27-21(29)15-5-3-12(10-26)6-17(15)25/h2-9H,1H3,(H,27,29). The second-order valence-corrected chi connectivity index (χ2v) is 7.39. The highest BCUT2D eigenvalue weighted by Crippen LogP contribution is 2.33. The Labute approximate surface area is 180 Å². The average Bonchev–Trinajstić information content (AvgIpc) is 3.13. The number of carbonyl (C=O) groups is 1. The molecular formula is C22H12Cl2FN3O2. The van der Waals surface area contributed by atoms with Crippen molar-refractivity contribution in [3.63, 3.8) is 0 Å². The second kappa shape index (κ2) is 7.79. The van der Waals surface area contributed by atoms with Crippen LogP contribution in [0.1, 0.15) is 21.5 Å². The number of anilines is 1. The van der Waals surface area contributed by atoms with Gasteiger partial charge in [-0.3, -0.25) is 4.79 Å². The predicted octanol–water partition coefficient (Wildman–Crippen LogP) is 6.37. The molecule has 1 N–H and O–H groups in total. The topological polar surface area (TPSA) is 78.9 Å². The monoisotopic (exact) mass is 439 g/mol. The molecule has 4 rings (SSSR count). The molecule has 1 amide bonds. The van der Waals surface area contributed by atoms with Crippen LogP contribution in [-0.4, -0.2) is 10.9 Å². The molecular weight excluding hydrogens is 428 g/mol. The summed E-state index contributed by atoms with van der Waals surface area (Å²) in [7, 11) is 0. The van der Waals surface area contributed by atoms with Crippen molar-refractivity contribution in [3.05, 3.63) is 81.1 Å². The van der Waals surface area contributed by atoms with E-state index in [1.165, 1.54) is 12.1 Å². The van der Waals surface area contributed by atoms with Crippen LogP contribution in [0.5, 0.6) is 0 Å². The molecule has 1 heterocycles. The highest BCUT2D eigenvalue weighted by atomic mass is 35.5. The number of aryl methyl sites for hydroxylation is 1. The van der Waals surface area contributed by atoms with Crippen LogP contribution in [0.4, 0.5) is 10.1 Å².